The van der Waals surface area contributed by atoms with Gasteiger partial charge in [0.1, 0.15) is 5.82 Å². The molecule has 4 rings (SSSR count). The van der Waals surface area contributed by atoms with Crippen LogP contribution in [-0.2, 0) is 7.05 Å². The molecule has 0 radical (unpaired) electrons. The summed E-state index contributed by atoms with van der Waals surface area (Å²) in [6, 6.07) is 3.93. The first-order valence-electron chi connectivity index (χ1n) is 9.84. The highest BCUT2D eigenvalue weighted by molar-refractivity contribution is 5.58. The quantitative estimate of drug-likeness (QED) is 0.703. The molecule has 4 heterocycles. The Morgan fingerprint density at radius 2 is 2.14 bits per heavy atom. The van der Waals surface area contributed by atoms with E-state index in [1.54, 1.807) is 30.2 Å². The molecule has 3 aromatic heterocycles. The van der Waals surface area contributed by atoms with Gasteiger partial charge in [0.15, 0.2) is 11.6 Å². The number of nitrogens with one attached hydrogen (secondary N) is 1. The van der Waals surface area contributed by atoms with Crippen LogP contribution in [0.25, 0.3) is 11.5 Å². The van der Waals surface area contributed by atoms with Gasteiger partial charge < -0.3 is 19.3 Å². The van der Waals surface area contributed by atoms with Crippen LogP contribution in [0.15, 0.2) is 40.0 Å². The molecule has 1 aliphatic heterocycles. The zero-order valence-electron chi connectivity index (χ0n) is 16.9. The lowest BCUT2D eigenvalue weighted by atomic mass is 10.1. The van der Waals surface area contributed by atoms with Crippen molar-refractivity contribution in [1.82, 2.24) is 24.7 Å². The standard InChI is InChI=1S/C20H25N7O2/c1-13(2)17-24-19(29-25-17)14-6-7-21-16(11-14)23-15-5-4-9-27(12-15)18-20(28)26(3)10-8-22-18/h6-8,10-11,13,15H,4-5,9,12H2,1-3H3,(H,21,23). The van der Waals surface area contributed by atoms with Crippen LogP contribution in [-0.4, -0.2) is 43.8 Å². The molecule has 9 nitrogen and oxygen atoms in total. The maximum absolute atomic E-state index is 12.4. The van der Waals surface area contributed by atoms with Gasteiger partial charge in [0.2, 0.25) is 0 Å². The van der Waals surface area contributed by atoms with E-state index < -0.39 is 0 Å². The molecule has 1 aliphatic rings. The predicted octanol–water partition coefficient (Wildman–Crippen LogP) is 2.43. The lowest BCUT2D eigenvalue weighted by molar-refractivity contribution is 0.419. The normalized spacial score (nSPS) is 17.0. The molecular formula is C20H25N7O2. The van der Waals surface area contributed by atoms with Crippen molar-refractivity contribution in [2.45, 2.75) is 38.6 Å². The van der Waals surface area contributed by atoms with Crippen LogP contribution < -0.4 is 15.8 Å². The van der Waals surface area contributed by atoms with Crippen LogP contribution in [0.5, 0.6) is 0 Å². The molecule has 0 saturated carbocycles. The first kappa shape index (κ1) is 19.1. The average Bonchev–Trinajstić information content (AvgIpc) is 3.21. The number of anilines is 2. The molecule has 152 valence electrons. The number of nitrogens with zero attached hydrogens (tertiary/aromatic N) is 6. The fraction of sp³-hybridized carbons (Fsp3) is 0.450. The Balaban J connectivity index is 1.49. The maximum atomic E-state index is 12.4. The second kappa shape index (κ2) is 8.02. The number of aromatic nitrogens is 5. The van der Waals surface area contributed by atoms with Crippen molar-refractivity contribution in [1.29, 1.82) is 0 Å². The van der Waals surface area contributed by atoms with E-state index in [0.717, 1.165) is 30.8 Å². The molecule has 1 N–H and O–H groups in total. The highest BCUT2D eigenvalue weighted by Gasteiger charge is 2.23. The summed E-state index contributed by atoms with van der Waals surface area (Å²) >= 11 is 0. The smallest absolute Gasteiger partial charge is 0.293 e. The Morgan fingerprint density at radius 3 is 2.93 bits per heavy atom. The van der Waals surface area contributed by atoms with Crippen LogP contribution in [0, 0.1) is 0 Å². The predicted molar refractivity (Wildman–Crippen MR) is 110 cm³/mol. The summed E-state index contributed by atoms with van der Waals surface area (Å²) in [5, 5.41) is 7.50. The minimum Gasteiger partial charge on any atom is -0.366 e. The summed E-state index contributed by atoms with van der Waals surface area (Å²) in [5.74, 6) is 2.62. The van der Waals surface area contributed by atoms with Crippen molar-refractivity contribution in [3.05, 3.63) is 46.9 Å². The minimum absolute atomic E-state index is 0.0781. The molecular weight excluding hydrogens is 370 g/mol. The van der Waals surface area contributed by atoms with Gasteiger partial charge in [-0.15, -0.1) is 0 Å². The molecule has 9 heteroatoms. The van der Waals surface area contributed by atoms with Gasteiger partial charge in [0, 0.05) is 56.3 Å². The molecule has 1 saturated heterocycles. The largest absolute Gasteiger partial charge is 0.366 e. The molecule has 29 heavy (non-hydrogen) atoms. The summed E-state index contributed by atoms with van der Waals surface area (Å²) in [6.07, 6.45) is 7.02. The highest BCUT2D eigenvalue weighted by Crippen LogP contribution is 2.23. The van der Waals surface area contributed by atoms with Crippen LogP contribution >= 0.6 is 0 Å². The monoisotopic (exact) mass is 395 g/mol. The first-order chi connectivity index (χ1) is 14.0. The second-order valence-corrected chi connectivity index (χ2v) is 7.64. The number of rotatable bonds is 5. The van der Waals surface area contributed by atoms with E-state index in [2.05, 4.69) is 25.4 Å². The zero-order valence-corrected chi connectivity index (χ0v) is 16.9. The average molecular weight is 395 g/mol. The number of hydrogen-bond donors (Lipinski definition) is 1. The van der Waals surface area contributed by atoms with Gasteiger partial charge in [0.05, 0.1) is 0 Å². The number of piperidine rings is 1. The molecule has 1 atom stereocenters. The fourth-order valence-electron chi connectivity index (χ4n) is 3.43. The summed E-state index contributed by atoms with van der Waals surface area (Å²) in [7, 11) is 1.74. The Bertz CT molecular complexity index is 1040. The van der Waals surface area contributed by atoms with Gasteiger partial charge >= 0.3 is 0 Å². The Morgan fingerprint density at radius 1 is 1.28 bits per heavy atom. The highest BCUT2D eigenvalue weighted by atomic mass is 16.5. The van der Waals surface area contributed by atoms with Crippen LogP contribution in [0.4, 0.5) is 11.6 Å². The van der Waals surface area contributed by atoms with E-state index in [9.17, 15) is 4.79 Å². The van der Waals surface area contributed by atoms with E-state index in [0.29, 0.717) is 24.1 Å². The summed E-state index contributed by atoms with van der Waals surface area (Å²) in [4.78, 5) is 27.6. The van der Waals surface area contributed by atoms with E-state index in [1.165, 1.54) is 0 Å². The van der Waals surface area contributed by atoms with Crippen LogP contribution in [0.3, 0.4) is 0 Å². The number of pyridine rings is 1. The molecule has 0 bridgehead atoms. The zero-order chi connectivity index (χ0) is 20.4. The summed E-state index contributed by atoms with van der Waals surface area (Å²) in [5.41, 5.74) is 0.749. The lowest BCUT2D eigenvalue weighted by Gasteiger charge is -2.33. The van der Waals surface area contributed by atoms with Gasteiger partial charge in [-0.2, -0.15) is 4.98 Å². The molecule has 0 amide bonds. The van der Waals surface area contributed by atoms with Crippen molar-refractivity contribution in [2.75, 3.05) is 23.3 Å². The number of aryl methyl sites for hydroxylation is 1. The Hall–Kier alpha value is -3.23. The van der Waals surface area contributed by atoms with Crippen molar-refractivity contribution < 1.29 is 4.52 Å². The van der Waals surface area contributed by atoms with E-state index in [4.69, 9.17) is 4.52 Å². The minimum atomic E-state index is -0.0781. The third-order valence-electron chi connectivity index (χ3n) is 5.04. The second-order valence-electron chi connectivity index (χ2n) is 7.64. The van der Waals surface area contributed by atoms with Gasteiger partial charge in [-0.3, -0.25) is 4.79 Å². The van der Waals surface area contributed by atoms with Gasteiger partial charge in [-0.1, -0.05) is 19.0 Å². The molecule has 0 aliphatic carbocycles. The van der Waals surface area contributed by atoms with Crippen molar-refractivity contribution in [2.24, 2.45) is 7.05 Å². The third-order valence-corrected chi connectivity index (χ3v) is 5.04. The van der Waals surface area contributed by atoms with Crippen LogP contribution in [0.1, 0.15) is 38.4 Å². The Kier molecular flexibility index (Phi) is 5.28. The van der Waals surface area contributed by atoms with E-state index >= 15 is 0 Å². The summed E-state index contributed by atoms with van der Waals surface area (Å²) in [6.45, 7) is 5.56. The molecule has 1 fully saturated rings. The molecule has 0 spiro atoms. The fourth-order valence-corrected chi connectivity index (χ4v) is 3.43. The van der Waals surface area contributed by atoms with Crippen molar-refractivity contribution in [3.63, 3.8) is 0 Å². The third kappa shape index (κ3) is 4.13. The molecule has 1 unspecified atom stereocenters. The topological polar surface area (TPSA) is 102 Å². The van der Waals surface area contributed by atoms with E-state index in [-0.39, 0.29) is 17.5 Å². The van der Waals surface area contributed by atoms with Crippen molar-refractivity contribution in [3.8, 4) is 11.5 Å². The van der Waals surface area contributed by atoms with Crippen molar-refractivity contribution >= 4 is 11.6 Å². The summed E-state index contributed by atoms with van der Waals surface area (Å²) < 4.78 is 6.94. The number of hydrogen-bond acceptors (Lipinski definition) is 8. The molecule has 0 aromatic carbocycles. The van der Waals surface area contributed by atoms with Gasteiger partial charge in [-0.05, 0) is 25.0 Å². The van der Waals surface area contributed by atoms with E-state index in [1.807, 2.05) is 30.9 Å². The SMILES string of the molecule is CC(C)c1noc(-c2ccnc(NC3CCCN(c4nccn(C)c4=O)C3)c2)n1. The lowest BCUT2D eigenvalue weighted by Crippen LogP contribution is -2.45. The Labute approximate surface area is 168 Å². The molecule has 3 aromatic rings. The van der Waals surface area contributed by atoms with Gasteiger partial charge in [0.25, 0.3) is 11.4 Å². The van der Waals surface area contributed by atoms with Gasteiger partial charge in [-0.25, -0.2) is 9.97 Å². The first-order valence-corrected chi connectivity index (χ1v) is 9.84. The van der Waals surface area contributed by atoms with Crippen LogP contribution in [0.2, 0.25) is 0 Å². The maximum Gasteiger partial charge on any atom is 0.293 e.